The molecule has 0 radical (unpaired) electrons. The van der Waals surface area contributed by atoms with Gasteiger partial charge in [-0.1, -0.05) is 29.3 Å². The molecule has 0 spiro atoms. The molecule has 1 atom stereocenters. The first-order valence-electron chi connectivity index (χ1n) is 4.35. The number of hydrogen-bond acceptors (Lipinski definition) is 2. The van der Waals surface area contributed by atoms with Gasteiger partial charge in [-0.25, -0.2) is 0 Å². The number of ether oxygens (including phenoxy) is 1. The van der Waals surface area contributed by atoms with E-state index in [1.54, 1.807) is 12.1 Å². The molecular weight excluding hydrogens is 258 g/mol. The second-order valence-corrected chi connectivity index (χ2v) is 4.13. The molecule has 0 aliphatic heterocycles. The lowest BCUT2D eigenvalue weighted by molar-refractivity contribution is 0.199. The monoisotopic (exact) mass is 268 g/mol. The third kappa shape index (κ3) is 3.15. The van der Waals surface area contributed by atoms with Crippen LogP contribution >= 0.6 is 34.8 Å². The van der Waals surface area contributed by atoms with E-state index in [0.29, 0.717) is 22.2 Å². The smallest absolute Gasteiger partial charge is 0.138 e. The van der Waals surface area contributed by atoms with Gasteiger partial charge >= 0.3 is 0 Å². The first kappa shape index (κ1) is 12.9. The van der Waals surface area contributed by atoms with E-state index in [0.717, 1.165) is 5.56 Å². The summed E-state index contributed by atoms with van der Waals surface area (Å²) in [4.78, 5) is 0. The lowest BCUT2D eigenvalue weighted by Gasteiger charge is -2.11. The van der Waals surface area contributed by atoms with Gasteiger partial charge in [-0.15, -0.1) is 11.6 Å². The van der Waals surface area contributed by atoms with Crippen LogP contribution in [0.1, 0.15) is 5.56 Å². The normalized spacial score (nSPS) is 12.6. The molecule has 0 saturated heterocycles. The number of rotatable bonds is 4. The maximum atomic E-state index is 9.39. The van der Waals surface area contributed by atoms with E-state index in [-0.39, 0.29) is 5.88 Å². The largest absolute Gasteiger partial charge is 0.495 e. The summed E-state index contributed by atoms with van der Waals surface area (Å²) in [7, 11) is 1.52. The van der Waals surface area contributed by atoms with Gasteiger partial charge in [-0.05, 0) is 11.6 Å². The predicted octanol–water partition coefficient (Wildman–Crippen LogP) is 3.14. The molecule has 2 nitrogen and oxygen atoms in total. The number of hydrogen-bond donors (Lipinski definition) is 1. The van der Waals surface area contributed by atoms with Crippen LogP contribution in [-0.2, 0) is 6.42 Å². The van der Waals surface area contributed by atoms with Gasteiger partial charge in [0.2, 0.25) is 0 Å². The van der Waals surface area contributed by atoms with Crippen LogP contribution in [0.2, 0.25) is 10.0 Å². The Morgan fingerprint density at radius 2 is 2.00 bits per heavy atom. The Hall–Kier alpha value is -0.150. The van der Waals surface area contributed by atoms with E-state index < -0.39 is 6.10 Å². The lowest BCUT2D eigenvalue weighted by Crippen LogP contribution is -2.12. The van der Waals surface area contributed by atoms with Crippen molar-refractivity contribution in [3.8, 4) is 5.75 Å². The van der Waals surface area contributed by atoms with Crippen molar-refractivity contribution in [1.82, 2.24) is 0 Å². The number of aliphatic hydroxyl groups is 1. The van der Waals surface area contributed by atoms with Gasteiger partial charge in [0, 0.05) is 12.3 Å². The fourth-order valence-corrected chi connectivity index (χ4v) is 1.80. The molecule has 0 saturated carbocycles. The number of benzene rings is 1. The van der Waals surface area contributed by atoms with Crippen LogP contribution in [0.3, 0.4) is 0 Å². The Labute approximate surface area is 104 Å². The zero-order valence-electron chi connectivity index (χ0n) is 8.14. The second-order valence-electron chi connectivity index (χ2n) is 3.07. The minimum absolute atomic E-state index is 0.167. The number of alkyl halides is 1. The summed E-state index contributed by atoms with van der Waals surface area (Å²) in [5, 5.41) is 10.2. The summed E-state index contributed by atoms with van der Waals surface area (Å²) in [6.07, 6.45) is -0.236. The molecule has 0 heterocycles. The van der Waals surface area contributed by atoms with Gasteiger partial charge < -0.3 is 9.84 Å². The summed E-state index contributed by atoms with van der Waals surface area (Å²) >= 11 is 17.5. The molecule has 0 aliphatic carbocycles. The highest BCUT2D eigenvalue weighted by Crippen LogP contribution is 2.34. The molecule has 0 bridgehead atoms. The van der Waals surface area contributed by atoms with Crippen LogP contribution in [-0.4, -0.2) is 24.2 Å². The number of aliphatic hydroxyl groups excluding tert-OH is 1. The average molecular weight is 270 g/mol. The van der Waals surface area contributed by atoms with Crippen LogP contribution in [0, 0.1) is 0 Å². The van der Waals surface area contributed by atoms with Crippen molar-refractivity contribution in [2.45, 2.75) is 12.5 Å². The molecule has 0 aromatic heterocycles. The SMILES string of the molecule is COc1ccc(CC(O)CCl)c(Cl)c1Cl. The molecular formula is C10H11Cl3O2. The van der Waals surface area contributed by atoms with Gasteiger partial charge in [-0.3, -0.25) is 0 Å². The Morgan fingerprint density at radius 1 is 1.33 bits per heavy atom. The van der Waals surface area contributed by atoms with Crippen molar-refractivity contribution in [2.24, 2.45) is 0 Å². The Balaban J connectivity index is 2.96. The Kier molecular flexibility index (Phi) is 5.00. The van der Waals surface area contributed by atoms with Crippen molar-refractivity contribution in [2.75, 3.05) is 13.0 Å². The number of halogens is 3. The van der Waals surface area contributed by atoms with E-state index in [4.69, 9.17) is 39.5 Å². The first-order valence-corrected chi connectivity index (χ1v) is 5.64. The molecule has 1 aromatic carbocycles. The third-order valence-electron chi connectivity index (χ3n) is 1.98. The van der Waals surface area contributed by atoms with Crippen LogP contribution in [0.4, 0.5) is 0 Å². The standard InChI is InChI=1S/C10H11Cl3O2/c1-15-8-3-2-6(4-7(14)5-11)9(12)10(8)13/h2-3,7,14H,4-5H2,1H3. The molecule has 1 N–H and O–H groups in total. The summed E-state index contributed by atoms with van der Waals surface area (Å²) in [6.45, 7) is 0. The van der Waals surface area contributed by atoms with E-state index in [2.05, 4.69) is 0 Å². The van der Waals surface area contributed by atoms with E-state index >= 15 is 0 Å². The van der Waals surface area contributed by atoms with E-state index in [9.17, 15) is 5.11 Å². The Bertz CT molecular complexity index is 342. The van der Waals surface area contributed by atoms with Crippen molar-refractivity contribution in [3.05, 3.63) is 27.7 Å². The molecule has 84 valence electrons. The van der Waals surface area contributed by atoms with Crippen molar-refractivity contribution in [1.29, 1.82) is 0 Å². The fourth-order valence-electron chi connectivity index (χ4n) is 1.20. The summed E-state index contributed by atoms with van der Waals surface area (Å²) in [6, 6.07) is 3.48. The second kappa shape index (κ2) is 5.80. The Morgan fingerprint density at radius 3 is 2.53 bits per heavy atom. The minimum Gasteiger partial charge on any atom is -0.495 e. The summed E-state index contributed by atoms with van der Waals surface area (Å²) < 4.78 is 5.01. The quantitative estimate of drug-likeness (QED) is 0.851. The van der Waals surface area contributed by atoms with E-state index in [1.807, 2.05) is 0 Å². The molecule has 0 aliphatic rings. The maximum Gasteiger partial charge on any atom is 0.138 e. The van der Waals surface area contributed by atoms with Crippen LogP contribution in [0.5, 0.6) is 5.75 Å². The highest BCUT2D eigenvalue weighted by molar-refractivity contribution is 6.43. The van der Waals surface area contributed by atoms with Crippen molar-refractivity contribution in [3.63, 3.8) is 0 Å². The van der Waals surface area contributed by atoms with Gasteiger partial charge in [-0.2, -0.15) is 0 Å². The molecule has 0 fully saturated rings. The molecule has 1 aromatic rings. The third-order valence-corrected chi connectivity index (χ3v) is 3.24. The zero-order chi connectivity index (χ0) is 11.4. The molecule has 1 unspecified atom stereocenters. The predicted molar refractivity (Wildman–Crippen MR) is 63.4 cm³/mol. The minimum atomic E-state index is -0.617. The van der Waals surface area contributed by atoms with Crippen LogP contribution in [0.25, 0.3) is 0 Å². The first-order chi connectivity index (χ1) is 7.10. The average Bonchev–Trinajstić information content (AvgIpc) is 2.25. The fraction of sp³-hybridized carbons (Fsp3) is 0.400. The van der Waals surface area contributed by atoms with Gasteiger partial charge in [0.1, 0.15) is 10.8 Å². The van der Waals surface area contributed by atoms with E-state index in [1.165, 1.54) is 7.11 Å². The highest BCUT2D eigenvalue weighted by atomic mass is 35.5. The topological polar surface area (TPSA) is 29.5 Å². The lowest BCUT2D eigenvalue weighted by atomic mass is 10.1. The molecule has 1 rings (SSSR count). The van der Waals surface area contributed by atoms with Crippen molar-refractivity contribution < 1.29 is 9.84 Å². The van der Waals surface area contributed by atoms with Gasteiger partial charge in [0.15, 0.2) is 0 Å². The van der Waals surface area contributed by atoms with Gasteiger partial charge in [0.25, 0.3) is 0 Å². The van der Waals surface area contributed by atoms with Crippen molar-refractivity contribution >= 4 is 34.8 Å². The van der Waals surface area contributed by atoms with Gasteiger partial charge in [0.05, 0.1) is 18.2 Å². The summed E-state index contributed by atoms with van der Waals surface area (Å²) in [5.41, 5.74) is 0.760. The highest BCUT2D eigenvalue weighted by Gasteiger charge is 2.13. The maximum absolute atomic E-state index is 9.39. The summed E-state index contributed by atoms with van der Waals surface area (Å²) in [5.74, 6) is 0.686. The molecule has 15 heavy (non-hydrogen) atoms. The van der Waals surface area contributed by atoms with Crippen LogP contribution in [0.15, 0.2) is 12.1 Å². The zero-order valence-corrected chi connectivity index (χ0v) is 10.4. The molecule has 5 heteroatoms. The number of methoxy groups -OCH3 is 1. The molecule has 0 amide bonds. The van der Waals surface area contributed by atoms with Crippen LogP contribution < -0.4 is 4.74 Å².